The zero-order valence-corrected chi connectivity index (χ0v) is 19.9. The summed E-state index contributed by atoms with van der Waals surface area (Å²) >= 11 is 1.31. The SMILES string of the molecule is CCc1cccc(NC(=O)CSc2nnc(Cc3c(C)nc4cc(C)ccn4c3=O)n2C)c1. The molecule has 0 aliphatic carbocycles. The van der Waals surface area contributed by atoms with Crippen molar-refractivity contribution in [1.29, 1.82) is 0 Å². The minimum atomic E-state index is -0.110. The number of rotatable bonds is 7. The third kappa shape index (κ3) is 4.98. The van der Waals surface area contributed by atoms with Crippen LogP contribution in [0.2, 0.25) is 0 Å². The molecule has 0 bridgehead atoms. The van der Waals surface area contributed by atoms with E-state index in [-0.39, 0.29) is 17.2 Å². The Morgan fingerprint density at radius 2 is 1.97 bits per heavy atom. The van der Waals surface area contributed by atoms with E-state index in [0.29, 0.717) is 34.3 Å². The van der Waals surface area contributed by atoms with Gasteiger partial charge in [-0.2, -0.15) is 0 Å². The highest BCUT2D eigenvalue weighted by Gasteiger charge is 2.16. The molecule has 3 heterocycles. The quantitative estimate of drug-likeness (QED) is 0.424. The average molecular weight is 463 g/mol. The molecular weight excluding hydrogens is 436 g/mol. The number of thioether (sulfide) groups is 1. The zero-order valence-electron chi connectivity index (χ0n) is 19.1. The van der Waals surface area contributed by atoms with Gasteiger partial charge in [0.25, 0.3) is 5.56 Å². The summed E-state index contributed by atoms with van der Waals surface area (Å²) in [5.41, 5.74) is 4.78. The van der Waals surface area contributed by atoms with Crippen LogP contribution in [0.4, 0.5) is 5.69 Å². The zero-order chi connectivity index (χ0) is 23.5. The molecule has 1 aromatic carbocycles. The van der Waals surface area contributed by atoms with Crippen LogP contribution in [0, 0.1) is 13.8 Å². The van der Waals surface area contributed by atoms with Crippen molar-refractivity contribution in [1.82, 2.24) is 24.1 Å². The Balaban J connectivity index is 1.46. The van der Waals surface area contributed by atoms with Gasteiger partial charge in [0.1, 0.15) is 11.5 Å². The summed E-state index contributed by atoms with van der Waals surface area (Å²) in [6, 6.07) is 11.6. The third-order valence-electron chi connectivity index (χ3n) is 5.50. The maximum absolute atomic E-state index is 13.0. The van der Waals surface area contributed by atoms with Gasteiger partial charge in [0.2, 0.25) is 5.91 Å². The number of amides is 1. The highest BCUT2D eigenvalue weighted by atomic mass is 32.2. The molecule has 0 spiro atoms. The van der Waals surface area contributed by atoms with E-state index < -0.39 is 0 Å². The first kappa shape index (κ1) is 22.7. The standard InChI is InChI=1S/C24H26N6O2S/c1-5-17-7-6-8-18(12-17)26-22(31)14-33-24-28-27-21(29(24)4)13-19-16(3)25-20-11-15(2)9-10-30(20)23(19)32/h6-12H,5,13-14H2,1-4H3,(H,26,31). The lowest BCUT2D eigenvalue weighted by Crippen LogP contribution is -2.22. The highest BCUT2D eigenvalue weighted by Crippen LogP contribution is 2.19. The Kier molecular flexibility index (Phi) is 6.60. The number of fused-ring (bicyclic) bond motifs is 1. The third-order valence-corrected chi connectivity index (χ3v) is 6.52. The number of pyridine rings is 1. The lowest BCUT2D eigenvalue weighted by Gasteiger charge is -2.09. The Morgan fingerprint density at radius 3 is 2.76 bits per heavy atom. The fourth-order valence-electron chi connectivity index (χ4n) is 3.57. The fourth-order valence-corrected chi connectivity index (χ4v) is 4.30. The van der Waals surface area contributed by atoms with Crippen LogP contribution in [0.5, 0.6) is 0 Å². The van der Waals surface area contributed by atoms with Crippen LogP contribution >= 0.6 is 11.8 Å². The van der Waals surface area contributed by atoms with Crippen LogP contribution in [0.3, 0.4) is 0 Å². The fraction of sp³-hybridized carbons (Fsp3) is 0.292. The van der Waals surface area contributed by atoms with Gasteiger partial charge in [-0.25, -0.2) is 4.98 Å². The number of aromatic nitrogens is 5. The lowest BCUT2D eigenvalue weighted by atomic mass is 10.1. The maximum atomic E-state index is 13.0. The molecule has 0 atom stereocenters. The van der Waals surface area contributed by atoms with Gasteiger partial charge in [0, 0.05) is 36.6 Å². The van der Waals surface area contributed by atoms with Gasteiger partial charge in [0.05, 0.1) is 5.75 Å². The summed E-state index contributed by atoms with van der Waals surface area (Å²) in [6.07, 6.45) is 2.97. The largest absolute Gasteiger partial charge is 0.325 e. The highest BCUT2D eigenvalue weighted by molar-refractivity contribution is 7.99. The Morgan fingerprint density at radius 1 is 1.15 bits per heavy atom. The van der Waals surface area contributed by atoms with Gasteiger partial charge in [0.15, 0.2) is 5.16 Å². The van der Waals surface area contributed by atoms with Crippen molar-refractivity contribution in [2.75, 3.05) is 11.1 Å². The van der Waals surface area contributed by atoms with Gasteiger partial charge in [-0.15, -0.1) is 10.2 Å². The number of nitrogens with zero attached hydrogens (tertiary/aromatic N) is 5. The van der Waals surface area contributed by atoms with E-state index in [4.69, 9.17) is 0 Å². The molecule has 4 aromatic rings. The topological polar surface area (TPSA) is 94.2 Å². The van der Waals surface area contributed by atoms with Crippen LogP contribution in [-0.4, -0.2) is 35.8 Å². The molecule has 9 heteroatoms. The van der Waals surface area contributed by atoms with Crippen LogP contribution in [0.25, 0.3) is 5.65 Å². The first-order valence-electron chi connectivity index (χ1n) is 10.7. The number of carbonyl (C=O) groups is 1. The molecule has 0 saturated heterocycles. The summed E-state index contributed by atoms with van der Waals surface area (Å²) in [4.78, 5) is 30.0. The normalized spacial score (nSPS) is 11.2. The average Bonchev–Trinajstić information content (AvgIpc) is 3.14. The van der Waals surface area contributed by atoms with E-state index in [1.807, 2.05) is 61.9 Å². The molecule has 0 saturated carbocycles. The van der Waals surface area contributed by atoms with Crippen LogP contribution in [0.1, 0.15) is 35.1 Å². The van der Waals surface area contributed by atoms with Crippen molar-refractivity contribution < 1.29 is 4.79 Å². The van der Waals surface area contributed by atoms with Crippen molar-refractivity contribution in [3.63, 3.8) is 0 Å². The smallest absolute Gasteiger partial charge is 0.261 e. The van der Waals surface area contributed by atoms with Crippen molar-refractivity contribution in [2.24, 2.45) is 7.05 Å². The molecule has 0 fully saturated rings. The van der Waals surface area contributed by atoms with Gasteiger partial charge in [-0.3, -0.25) is 14.0 Å². The molecule has 0 aliphatic heterocycles. The number of hydrogen-bond acceptors (Lipinski definition) is 6. The number of benzene rings is 1. The van der Waals surface area contributed by atoms with Crippen LogP contribution in [0.15, 0.2) is 52.5 Å². The van der Waals surface area contributed by atoms with E-state index in [1.54, 1.807) is 10.6 Å². The lowest BCUT2D eigenvalue weighted by molar-refractivity contribution is -0.113. The van der Waals surface area contributed by atoms with E-state index in [2.05, 4.69) is 27.4 Å². The van der Waals surface area contributed by atoms with Crippen LogP contribution in [-0.2, 0) is 24.7 Å². The number of hydrogen-bond donors (Lipinski definition) is 1. The number of nitrogens with one attached hydrogen (secondary N) is 1. The molecule has 4 rings (SSSR count). The first-order chi connectivity index (χ1) is 15.9. The van der Waals surface area contributed by atoms with Gasteiger partial charge in [-0.1, -0.05) is 30.8 Å². The molecule has 1 N–H and O–H groups in total. The molecule has 0 aliphatic rings. The summed E-state index contributed by atoms with van der Waals surface area (Å²) in [7, 11) is 1.84. The molecule has 0 radical (unpaired) electrons. The summed E-state index contributed by atoms with van der Waals surface area (Å²) in [5.74, 6) is 0.740. The minimum absolute atomic E-state index is 0.108. The van der Waals surface area contributed by atoms with Crippen molar-refractivity contribution >= 4 is 29.0 Å². The van der Waals surface area contributed by atoms with E-state index in [0.717, 1.165) is 17.7 Å². The van der Waals surface area contributed by atoms with Gasteiger partial charge >= 0.3 is 0 Å². The minimum Gasteiger partial charge on any atom is -0.325 e. The monoisotopic (exact) mass is 462 g/mol. The Labute approximate surface area is 196 Å². The molecule has 8 nitrogen and oxygen atoms in total. The molecule has 170 valence electrons. The molecule has 0 unspecified atom stereocenters. The Hall–Kier alpha value is -3.46. The van der Waals surface area contributed by atoms with Gasteiger partial charge < -0.3 is 9.88 Å². The van der Waals surface area contributed by atoms with E-state index >= 15 is 0 Å². The van der Waals surface area contributed by atoms with Crippen molar-refractivity contribution in [2.45, 2.75) is 38.8 Å². The second-order valence-electron chi connectivity index (χ2n) is 7.94. The second kappa shape index (κ2) is 9.58. The van der Waals surface area contributed by atoms with Crippen molar-refractivity contribution in [3.8, 4) is 0 Å². The van der Waals surface area contributed by atoms with E-state index in [1.165, 1.54) is 17.3 Å². The number of anilines is 1. The van der Waals surface area contributed by atoms with E-state index in [9.17, 15) is 9.59 Å². The predicted octanol–water partition coefficient (Wildman–Crippen LogP) is 3.32. The molecule has 1 amide bonds. The van der Waals surface area contributed by atoms with Gasteiger partial charge in [-0.05, 0) is 55.7 Å². The second-order valence-corrected chi connectivity index (χ2v) is 8.88. The molecular formula is C24H26N6O2S. The summed E-state index contributed by atoms with van der Waals surface area (Å²) in [5, 5.41) is 12.0. The first-order valence-corrected chi connectivity index (χ1v) is 11.7. The number of carbonyl (C=O) groups excluding carboxylic acids is 1. The maximum Gasteiger partial charge on any atom is 0.261 e. The van der Waals surface area contributed by atoms with Crippen LogP contribution < -0.4 is 10.9 Å². The Bertz CT molecular complexity index is 1390. The molecule has 3 aromatic heterocycles. The summed E-state index contributed by atoms with van der Waals surface area (Å²) in [6.45, 7) is 5.88. The molecule has 33 heavy (non-hydrogen) atoms. The van der Waals surface area contributed by atoms with Crippen molar-refractivity contribution in [3.05, 3.63) is 81.2 Å². The summed E-state index contributed by atoms with van der Waals surface area (Å²) < 4.78 is 3.37. The predicted molar refractivity (Wildman–Crippen MR) is 130 cm³/mol. The number of aryl methyl sites for hydroxylation is 3.